The van der Waals surface area contributed by atoms with Crippen molar-refractivity contribution in [1.82, 2.24) is 5.32 Å². The molecule has 1 atom stereocenters. The zero-order valence-corrected chi connectivity index (χ0v) is 17.9. The lowest BCUT2D eigenvalue weighted by Gasteiger charge is -2.21. The predicted octanol–water partition coefficient (Wildman–Crippen LogP) is 4.67. The summed E-state index contributed by atoms with van der Waals surface area (Å²) in [6, 6.07) is 18.9. The number of amides is 1. The van der Waals surface area contributed by atoms with Crippen molar-refractivity contribution >= 4 is 17.8 Å². The Morgan fingerprint density at radius 3 is 2.64 bits per heavy atom. The van der Waals surface area contributed by atoms with Crippen LogP contribution in [0.5, 0.6) is 5.75 Å². The van der Waals surface area contributed by atoms with E-state index in [-0.39, 0.29) is 17.9 Å². The van der Waals surface area contributed by atoms with Crippen molar-refractivity contribution in [3.8, 4) is 17.6 Å². The van der Waals surface area contributed by atoms with Crippen LogP contribution in [-0.2, 0) is 0 Å². The van der Waals surface area contributed by atoms with Gasteiger partial charge in [0, 0.05) is 41.6 Å². The molecule has 0 radical (unpaired) electrons. The molecule has 1 aliphatic rings. The van der Waals surface area contributed by atoms with Crippen molar-refractivity contribution in [1.29, 1.82) is 5.41 Å². The Kier molecular flexibility index (Phi) is 6.81. The summed E-state index contributed by atoms with van der Waals surface area (Å²) in [7, 11) is 0. The molecule has 1 amide bonds. The van der Waals surface area contributed by atoms with E-state index >= 15 is 0 Å². The Hall–Kier alpha value is -4.37. The van der Waals surface area contributed by atoms with Crippen LogP contribution in [-0.4, -0.2) is 29.5 Å². The molecule has 164 valence electrons. The number of aliphatic imine (C=N–C) groups is 1. The number of hydrogen-bond donors (Lipinski definition) is 3. The summed E-state index contributed by atoms with van der Waals surface area (Å²) in [5.74, 6) is 5.99. The van der Waals surface area contributed by atoms with Gasteiger partial charge in [0.2, 0.25) is 0 Å². The normalized spacial score (nSPS) is 13.4. The van der Waals surface area contributed by atoms with E-state index in [1.807, 2.05) is 36.4 Å². The minimum Gasteiger partial charge on any atom is -0.508 e. The number of rotatable bonds is 6. The van der Waals surface area contributed by atoms with Gasteiger partial charge in [-0.2, -0.15) is 0 Å². The molecule has 1 aromatic heterocycles. The first-order valence-corrected chi connectivity index (χ1v) is 10.6. The SMILES string of the molecule is N=C(CC(NC(=O)c1ccc(C#Cc2ccccc2)o1)c1ccccc1O)C1=CCCN=C1. The van der Waals surface area contributed by atoms with Gasteiger partial charge in [0.25, 0.3) is 5.91 Å². The number of hydrogen-bond acceptors (Lipinski definition) is 5. The molecule has 0 aliphatic carbocycles. The van der Waals surface area contributed by atoms with Gasteiger partial charge < -0.3 is 20.2 Å². The summed E-state index contributed by atoms with van der Waals surface area (Å²) in [6.45, 7) is 0.713. The third kappa shape index (κ3) is 5.66. The quantitative estimate of drug-likeness (QED) is 0.386. The highest BCUT2D eigenvalue weighted by atomic mass is 16.3. The largest absolute Gasteiger partial charge is 0.508 e. The number of carbonyl (C=O) groups excluding carboxylic acids is 1. The maximum atomic E-state index is 12.9. The van der Waals surface area contributed by atoms with Crippen LogP contribution in [0.3, 0.4) is 0 Å². The minimum atomic E-state index is -0.619. The first-order valence-electron chi connectivity index (χ1n) is 10.6. The number of benzene rings is 2. The summed E-state index contributed by atoms with van der Waals surface area (Å²) in [6.07, 6.45) is 4.62. The Bertz CT molecular complexity index is 1280. The standard InChI is InChI=1S/C27H23N3O3/c28-23(20-9-6-16-29-18-20)17-24(22-10-4-5-11-25(22)31)30-27(32)26-15-14-21(33-26)13-12-19-7-2-1-3-8-19/h1-5,7-11,14-15,18,24,28,31H,6,16-17H2,(H,30,32). The number of nitrogens with one attached hydrogen (secondary N) is 2. The van der Waals surface area contributed by atoms with Crippen molar-refractivity contribution in [2.24, 2.45) is 4.99 Å². The van der Waals surface area contributed by atoms with E-state index in [1.54, 1.807) is 42.6 Å². The number of allylic oxidation sites excluding steroid dienone is 1. The van der Waals surface area contributed by atoms with Gasteiger partial charge in [-0.1, -0.05) is 48.4 Å². The van der Waals surface area contributed by atoms with Gasteiger partial charge in [-0.3, -0.25) is 9.79 Å². The topological polar surface area (TPSA) is 98.7 Å². The van der Waals surface area contributed by atoms with E-state index in [0.717, 1.165) is 17.6 Å². The number of nitrogens with zero attached hydrogens (tertiary/aromatic N) is 1. The first kappa shape index (κ1) is 21.8. The van der Waals surface area contributed by atoms with E-state index in [4.69, 9.17) is 9.83 Å². The molecule has 2 heterocycles. The third-order valence-corrected chi connectivity index (χ3v) is 5.16. The van der Waals surface area contributed by atoms with Crippen molar-refractivity contribution in [2.45, 2.75) is 18.9 Å². The van der Waals surface area contributed by atoms with Gasteiger partial charge in [-0.15, -0.1) is 0 Å². The average molecular weight is 437 g/mol. The smallest absolute Gasteiger partial charge is 0.287 e. The highest BCUT2D eigenvalue weighted by molar-refractivity contribution is 6.15. The van der Waals surface area contributed by atoms with E-state index < -0.39 is 11.9 Å². The molecule has 3 aromatic rings. The van der Waals surface area contributed by atoms with Crippen LogP contribution in [0.15, 0.2) is 87.8 Å². The van der Waals surface area contributed by atoms with Crippen LogP contribution in [0.25, 0.3) is 0 Å². The number of aromatic hydroxyl groups is 1. The fourth-order valence-electron chi connectivity index (χ4n) is 3.47. The lowest BCUT2D eigenvalue weighted by Crippen LogP contribution is -2.30. The molecule has 0 saturated heterocycles. The van der Waals surface area contributed by atoms with Crippen molar-refractivity contribution < 1.29 is 14.3 Å². The Morgan fingerprint density at radius 1 is 1.09 bits per heavy atom. The van der Waals surface area contributed by atoms with Gasteiger partial charge in [-0.25, -0.2) is 0 Å². The molecule has 0 fully saturated rings. The molecule has 0 saturated carbocycles. The highest BCUT2D eigenvalue weighted by Gasteiger charge is 2.23. The fourth-order valence-corrected chi connectivity index (χ4v) is 3.47. The van der Waals surface area contributed by atoms with Gasteiger partial charge in [-0.05, 0) is 42.7 Å². The van der Waals surface area contributed by atoms with Crippen LogP contribution < -0.4 is 5.32 Å². The molecule has 33 heavy (non-hydrogen) atoms. The second-order valence-corrected chi connectivity index (χ2v) is 7.53. The number of para-hydroxylation sites is 1. The Labute approximate surface area is 192 Å². The fraction of sp³-hybridized carbons (Fsp3) is 0.148. The maximum Gasteiger partial charge on any atom is 0.287 e. The monoisotopic (exact) mass is 437 g/mol. The molecule has 6 heteroatoms. The van der Waals surface area contributed by atoms with E-state index in [9.17, 15) is 9.90 Å². The maximum absolute atomic E-state index is 12.9. The molecular formula is C27H23N3O3. The zero-order valence-electron chi connectivity index (χ0n) is 17.9. The summed E-state index contributed by atoms with van der Waals surface area (Å²) in [5.41, 5.74) is 2.44. The van der Waals surface area contributed by atoms with Crippen LogP contribution >= 0.6 is 0 Å². The number of carbonyl (C=O) groups is 1. The molecule has 4 rings (SSSR count). The Morgan fingerprint density at radius 2 is 1.88 bits per heavy atom. The minimum absolute atomic E-state index is 0.0516. The van der Waals surface area contributed by atoms with Crippen molar-refractivity contribution in [2.75, 3.05) is 6.54 Å². The molecule has 0 spiro atoms. The van der Waals surface area contributed by atoms with Crippen molar-refractivity contribution in [3.05, 3.63) is 101 Å². The summed E-state index contributed by atoms with van der Waals surface area (Å²) in [5, 5.41) is 21.7. The molecule has 2 aromatic carbocycles. The summed E-state index contributed by atoms with van der Waals surface area (Å²) >= 11 is 0. The van der Waals surface area contributed by atoms with Crippen LogP contribution in [0.2, 0.25) is 0 Å². The second-order valence-electron chi connectivity index (χ2n) is 7.53. The average Bonchev–Trinajstić information content (AvgIpc) is 3.33. The second kappa shape index (κ2) is 10.3. The molecule has 1 unspecified atom stereocenters. The first-order chi connectivity index (χ1) is 16.1. The van der Waals surface area contributed by atoms with Crippen molar-refractivity contribution in [3.63, 3.8) is 0 Å². The van der Waals surface area contributed by atoms with Gasteiger partial charge in [0.15, 0.2) is 11.5 Å². The third-order valence-electron chi connectivity index (χ3n) is 5.16. The van der Waals surface area contributed by atoms with E-state index in [0.29, 0.717) is 23.6 Å². The molecule has 3 N–H and O–H groups in total. The van der Waals surface area contributed by atoms with Crippen LogP contribution in [0, 0.1) is 17.3 Å². The molecular weight excluding hydrogens is 414 g/mol. The predicted molar refractivity (Wildman–Crippen MR) is 128 cm³/mol. The number of dihydropyridines is 1. The Balaban J connectivity index is 1.52. The van der Waals surface area contributed by atoms with E-state index in [1.165, 1.54) is 0 Å². The van der Waals surface area contributed by atoms with E-state index in [2.05, 4.69) is 22.2 Å². The number of phenolic OH excluding ortho intramolecular Hbond substituents is 1. The highest BCUT2D eigenvalue weighted by Crippen LogP contribution is 2.28. The number of furan rings is 1. The summed E-state index contributed by atoms with van der Waals surface area (Å²) < 4.78 is 5.62. The van der Waals surface area contributed by atoms with Gasteiger partial charge >= 0.3 is 0 Å². The van der Waals surface area contributed by atoms with Crippen LogP contribution in [0.1, 0.15) is 46.3 Å². The molecule has 1 aliphatic heterocycles. The van der Waals surface area contributed by atoms with Gasteiger partial charge in [0.05, 0.1) is 6.04 Å². The van der Waals surface area contributed by atoms with Crippen LogP contribution in [0.4, 0.5) is 0 Å². The van der Waals surface area contributed by atoms with Gasteiger partial charge in [0.1, 0.15) is 5.75 Å². The molecule has 0 bridgehead atoms. The lowest BCUT2D eigenvalue weighted by atomic mass is 9.95. The summed E-state index contributed by atoms with van der Waals surface area (Å²) in [4.78, 5) is 17.2. The number of phenols is 1. The lowest BCUT2D eigenvalue weighted by molar-refractivity contribution is 0.0909. The molecule has 6 nitrogen and oxygen atoms in total. The zero-order chi connectivity index (χ0) is 23.0.